The van der Waals surface area contributed by atoms with Gasteiger partial charge < -0.3 is 5.11 Å². The van der Waals surface area contributed by atoms with Crippen LogP contribution in [-0.4, -0.2) is 11.1 Å². The minimum absolute atomic E-state index is 0.403. The fraction of sp³-hybridized carbons (Fsp3) is 0.312. The number of benzene rings is 2. The Labute approximate surface area is 107 Å². The van der Waals surface area contributed by atoms with Crippen molar-refractivity contribution in [3.63, 3.8) is 0 Å². The SMILES string of the molecule is CCc1cc(C(CC)C(=O)O)cc2ccccc12. The van der Waals surface area contributed by atoms with Crippen molar-refractivity contribution in [1.82, 2.24) is 0 Å². The summed E-state index contributed by atoms with van der Waals surface area (Å²) in [5, 5.41) is 11.6. The monoisotopic (exact) mass is 242 g/mol. The molecule has 0 aliphatic carbocycles. The summed E-state index contributed by atoms with van der Waals surface area (Å²) in [5.74, 6) is -1.14. The van der Waals surface area contributed by atoms with E-state index in [9.17, 15) is 9.90 Å². The van der Waals surface area contributed by atoms with E-state index in [0.29, 0.717) is 6.42 Å². The van der Waals surface area contributed by atoms with Crippen LogP contribution in [0.25, 0.3) is 10.8 Å². The van der Waals surface area contributed by atoms with Crippen LogP contribution in [0.3, 0.4) is 0 Å². The second-order valence-electron chi connectivity index (χ2n) is 4.55. The Kier molecular flexibility index (Phi) is 3.66. The Morgan fingerprint density at radius 1 is 1.22 bits per heavy atom. The summed E-state index contributed by atoms with van der Waals surface area (Å²) in [7, 11) is 0. The van der Waals surface area contributed by atoms with Crippen molar-refractivity contribution in [2.75, 3.05) is 0 Å². The molecule has 0 aliphatic heterocycles. The molecular formula is C16H18O2. The summed E-state index contributed by atoms with van der Waals surface area (Å²) in [4.78, 5) is 11.3. The van der Waals surface area contributed by atoms with E-state index in [1.807, 2.05) is 37.3 Å². The number of aliphatic carboxylic acids is 1. The van der Waals surface area contributed by atoms with Crippen molar-refractivity contribution in [2.45, 2.75) is 32.6 Å². The Morgan fingerprint density at radius 2 is 1.94 bits per heavy atom. The Morgan fingerprint density at radius 3 is 2.56 bits per heavy atom. The number of hydrogen-bond donors (Lipinski definition) is 1. The van der Waals surface area contributed by atoms with Crippen LogP contribution in [0.15, 0.2) is 36.4 Å². The molecule has 2 heteroatoms. The first-order valence-corrected chi connectivity index (χ1v) is 6.41. The predicted molar refractivity (Wildman–Crippen MR) is 74.0 cm³/mol. The first-order chi connectivity index (χ1) is 8.67. The van der Waals surface area contributed by atoms with Gasteiger partial charge in [0.05, 0.1) is 5.92 Å². The van der Waals surface area contributed by atoms with Crippen LogP contribution in [-0.2, 0) is 11.2 Å². The minimum atomic E-state index is -0.741. The molecule has 2 aromatic rings. The number of fused-ring (bicyclic) bond motifs is 1. The molecule has 0 radical (unpaired) electrons. The molecule has 18 heavy (non-hydrogen) atoms. The molecule has 0 spiro atoms. The van der Waals surface area contributed by atoms with Gasteiger partial charge in [-0.3, -0.25) is 4.79 Å². The highest BCUT2D eigenvalue weighted by molar-refractivity contribution is 5.88. The first-order valence-electron chi connectivity index (χ1n) is 6.41. The van der Waals surface area contributed by atoms with Gasteiger partial charge in [0, 0.05) is 0 Å². The molecule has 94 valence electrons. The lowest BCUT2D eigenvalue weighted by molar-refractivity contribution is -0.138. The van der Waals surface area contributed by atoms with Crippen LogP contribution in [0.5, 0.6) is 0 Å². The maximum atomic E-state index is 11.3. The fourth-order valence-electron chi connectivity index (χ4n) is 2.46. The average Bonchev–Trinajstić information content (AvgIpc) is 2.38. The van der Waals surface area contributed by atoms with Crippen LogP contribution in [0, 0.1) is 0 Å². The zero-order chi connectivity index (χ0) is 13.1. The van der Waals surface area contributed by atoms with E-state index in [1.54, 1.807) is 0 Å². The van der Waals surface area contributed by atoms with Crippen LogP contribution >= 0.6 is 0 Å². The van der Waals surface area contributed by atoms with Crippen LogP contribution in [0.2, 0.25) is 0 Å². The number of carboxylic acids is 1. The molecule has 0 fully saturated rings. The smallest absolute Gasteiger partial charge is 0.310 e. The molecule has 0 saturated carbocycles. The number of aryl methyl sites for hydroxylation is 1. The summed E-state index contributed by atoms with van der Waals surface area (Å²) in [6.45, 7) is 4.02. The maximum absolute atomic E-state index is 11.3. The predicted octanol–water partition coefficient (Wildman–Crippen LogP) is 3.98. The van der Waals surface area contributed by atoms with Gasteiger partial charge in [0.1, 0.15) is 0 Å². The van der Waals surface area contributed by atoms with Crippen molar-refractivity contribution >= 4 is 16.7 Å². The van der Waals surface area contributed by atoms with E-state index in [4.69, 9.17) is 0 Å². The molecule has 1 atom stereocenters. The van der Waals surface area contributed by atoms with E-state index in [2.05, 4.69) is 13.0 Å². The normalized spacial score (nSPS) is 12.6. The average molecular weight is 242 g/mol. The van der Waals surface area contributed by atoms with Crippen molar-refractivity contribution in [3.8, 4) is 0 Å². The number of rotatable bonds is 4. The van der Waals surface area contributed by atoms with Gasteiger partial charge in [0.25, 0.3) is 0 Å². The highest BCUT2D eigenvalue weighted by Gasteiger charge is 2.18. The molecule has 0 amide bonds. The molecule has 2 nitrogen and oxygen atoms in total. The van der Waals surface area contributed by atoms with Crippen LogP contribution in [0.1, 0.15) is 37.3 Å². The molecule has 2 rings (SSSR count). The Bertz CT molecular complexity index is 572. The van der Waals surface area contributed by atoms with Crippen molar-refractivity contribution < 1.29 is 9.90 Å². The molecule has 0 aromatic heterocycles. The number of hydrogen-bond acceptors (Lipinski definition) is 1. The van der Waals surface area contributed by atoms with Crippen LogP contribution in [0.4, 0.5) is 0 Å². The Balaban J connectivity index is 2.63. The van der Waals surface area contributed by atoms with Gasteiger partial charge in [-0.15, -0.1) is 0 Å². The Hall–Kier alpha value is -1.83. The lowest BCUT2D eigenvalue weighted by Gasteiger charge is -2.14. The number of carbonyl (C=O) groups is 1. The van der Waals surface area contributed by atoms with E-state index in [0.717, 1.165) is 17.4 Å². The third kappa shape index (κ3) is 2.23. The number of carboxylic acid groups (broad SMARTS) is 1. The maximum Gasteiger partial charge on any atom is 0.310 e. The van der Waals surface area contributed by atoms with E-state index >= 15 is 0 Å². The summed E-state index contributed by atoms with van der Waals surface area (Å²) in [5.41, 5.74) is 2.14. The summed E-state index contributed by atoms with van der Waals surface area (Å²) < 4.78 is 0. The third-order valence-electron chi connectivity index (χ3n) is 3.46. The highest BCUT2D eigenvalue weighted by Crippen LogP contribution is 2.27. The second-order valence-corrected chi connectivity index (χ2v) is 4.55. The van der Waals surface area contributed by atoms with Gasteiger partial charge in [-0.25, -0.2) is 0 Å². The molecule has 0 saturated heterocycles. The lowest BCUT2D eigenvalue weighted by atomic mass is 9.91. The van der Waals surface area contributed by atoms with Gasteiger partial charge in [-0.1, -0.05) is 50.2 Å². The zero-order valence-electron chi connectivity index (χ0n) is 10.8. The molecule has 2 aromatic carbocycles. The van der Waals surface area contributed by atoms with Gasteiger partial charge in [-0.2, -0.15) is 0 Å². The van der Waals surface area contributed by atoms with Crippen molar-refractivity contribution in [3.05, 3.63) is 47.5 Å². The first kappa shape index (κ1) is 12.6. The standard InChI is InChI=1S/C16H18O2/c1-3-11-9-13(14(4-2)16(17)18)10-12-7-5-6-8-15(11)12/h5-10,14H,3-4H2,1-2H3,(H,17,18). The topological polar surface area (TPSA) is 37.3 Å². The highest BCUT2D eigenvalue weighted by atomic mass is 16.4. The minimum Gasteiger partial charge on any atom is -0.481 e. The van der Waals surface area contributed by atoms with Gasteiger partial charge in [0.15, 0.2) is 0 Å². The summed E-state index contributed by atoms with van der Waals surface area (Å²) in [6.07, 6.45) is 1.54. The third-order valence-corrected chi connectivity index (χ3v) is 3.46. The van der Waals surface area contributed by atoms with Gasteiger partial charge in [-0.05, 0) is 34.7 Å². The summed E-state index contributed by atoms with van der Waals surface area (Å²) >= 11 is 0. The molecular weight excluding hydrogens is 224 g/mol. The molecule has 0 heterocycles. The van der Waals surface area contributed by atoms with Crippen LogP contribution < -0.4 is 0 Å². The van der Waals surface area contributed by atoms with Crippen molar-refractivity contribution in [2.24, 2.45) is 0 Å². The lowest BCUT2D eigenvalue weighted by Crippen LogP contribution is -2.10. The summed E-state index contributed by atoms with van der Waals surface area (Å²) in [6, 6.07) is 12.2. The fourth-order valence-corrected chi connectivity index (χ4v) is 2.46. The van der Waals surface area contributed by atoms with E-state index < -0.39 is 11.9 Å². The molecule has 1 N–H and O–H groups in total. The zero-order valence-corrected chi connectivity index (χ0v) is 10.8. The molecule has 0 aliphatic rings. The van der Waals surface area contributed by atoms with Gasteiger partial charge in [0.2, 0.25) is 0 Å². The quantitative estimate of drug-likeness (QED) is 0.880. The molecule has 0 bridgehead atoms. The largest absolute Gasteiger partial charge is 0.481 e. The van der Waals surface area contributed by atoms with Gasteiger partial charge >= 0.3 is 5.97 Å². The van der Waals surface area contributed by atoms with E-state index in [1.165, 1.54) is 10.9 Å². The second kappa shape index (κ2) is 5.21. The molecule has 1 unspecified atom stereocenters. The van der Waals surface area contributed by atoms with Crippen molar-refractivity contribution in [1.29, 1.82) is 0 Å². The van der Waals surface area contributed by atoms with E-state index in [-0.39, 0.29) is 0 Å².